The normalized spacial score (nSPS) is 18.5. The maximum Gasteiger partial charge on any atom is 0.325 e. The van der Waals surface area contributed by atoms with E-state index in [2.05, 4.69) is 10.6 Å². The number of nitrogens with zero attached hydrogens (tertiary/aromatic N) is 1. The van der Waals surface area contributed by atoms with Crippen LogP contribution in [0, 0.1) is 11.6 Å². The van der Waals surface area contributed by atoms with Gasteiger partial charge in [0.2, 0.25) is 5.91 Å². The minimum atomic E-state index is -1.62. The number of urea groups is 1. The molecule has 0 radical (unpaired) electrons. The first-order valence-corrected chi connectivity index (χ1v) is 10.8. The number of hydrogen-bond donors (Lipinski definition) is 2. The molecule has 1 aliphatic heterocycles. The summed E-state index contributed by atoms with van der Waals surface area (Å²) < 4.78 is 27.1. The van der Waals surface area contributed by atoms with Crippen molar-refractivity contribution in [2.75, 3.05) is 6.54 Å². The number of carbonyl (C=O) groups is 3. The van der Waals surface area contributed by atoms with Crippen molar-refractivity contribution in [3.63, 3.8) is 0 Å². The van der Waals surface area contributed by atoms with Gasteiger partial charge in [-0.2, -0.15) is 0 Å². The van der Waals surface area contributed by atoms with Gasteiger partial charge in [-0.05, 0) is 42.2 Å². The fraction of sp³-hybridized carbons (Fsp3) is 0.192. The van der Waals surface area contributed by atoms with Gasteiger partial charge in [0.1, 0.15) is 12.1 Å². The lowest BCUT2D eigenvalue weighted by molar-refractivity contribution is -0.135. The zero-order valence-electron chi connectivity index (χ0n) is 18.4. The van der Waals surface area contributed by atoms with Crippen LogP contribution < -0.4 is 10.6 Å². The highest BCUT2D eigenvalue weighted by atomic mass is 19.2. The van der Waals surface area contributed by atoms with E-state index in [0.717, 1.165) is 28.2 Å². The number of carbonyl (C=O) groups excluding carboxylic acids is 3. The van der Waals surface area contributed by atoms with E-state index in [-0.39, 0.29) is 11.6 Å². The molecule has 0 aromatic heterocycles. The Bertz CT molecular complexity index is 1220. The van der Waals surface area contributed by atoms with Gasteiger partial charge in [0.25, 0.3) is 5.91 Å². The predicted molar refractivity (Wildman–Crippen MR) is 121 cm³/mol. The maximum atomic E-state index is 13.7. The first kappa shape index (κ1) is 23.1. The van der Waals surface area contributed by atoms with Gasteiger partial charge in [0, 0.05) is 0 Å². The molecule has 2 N–H and O–H groups in total. The standard InChI is InChI=1S/C26H23F2N3O3/c1-26(19-12-13-20(27)21(28)15-19)24(33)31(25(34)30-26)16-23(32)29-22(18-10-6-3-7-11-18)14-17-8-4-2-5-9-17/h2-13,15,22H,14,16H2,1H3,(H,29,32)(H,30,34). The predicted octanol–water partition coefficient (Wildman–Crippen LogP) is 3.83. The molecule has 0 bridgehead atoms. The van der Waals surface area contributed by atoms with Crippen molar-refractivity contribution in [1.82, 2.24) is 15.5 Å². The molecule has 6 nitrogen and oxygen atoms in total. The van der Waals surface area contributed by atoms with Crippen molar-refractivity contribution >= 4 is 17.8 Å². The second-order valence-electron chi connectivity index (χ2n) is 8.30. The molecule has 1 saturated heterocycles. The number of benzene rings is 3. The molecule has 0 saturated carbocycles. The van der Waals surface area contributed by atoms with E-state index in [9.17, 15) is 23.2 Å². The summed E-state index contributed by atoms with van der Waals surface area (Å²) in [4.78, 5) is 39.3. The number of amides is 4. The number of imide groups is 1. The molecule has 34 heavy (non-hydrogen) atoms. The molecule has 0 spiro atoms. The lowest BCUT2D eigenvalue weighted by atomic mass is 9.92. The Balaban J connectivity index is 1.51. The Morgan fingerprint density at radius 1 is 0.971 bits per heavy atom. The molecule has 1 aliphatic rings. The van der Waals surface area contributed by atoms with Crippen LogP contribution in [0.3, 0.4) is 0 Å². The second-order valence-corrected chi connectivity index (χ2v) is 8.30. The van der Waals surface area contributed by atoms with Crippen molar-refractivity contribution in [3.8, 4) is 0 Å². The average Bonchev–Trinajstić information content (AvgIpc) is 3.05. The van der Waals surface area contributed by atoms with Gasteiger partial charge in [-0.1, -0.05) is 66.7 Å². The van der Waals surface area contributed by atoms with E-state index in [4.69, 9.17) is 0 Å². The highest BCUT2D eigenvalue weighted by Gasteiger charge is 2.49. The summed E-state index contributed by atoms with van der Waals surface area (Å²) in [5.41, 5.74) is 0.356. The molecule has 2 unspecified atom stereocenters. The summed E-state index contributed by atoms with van der Waals surface area (Å²) in [6.45, 7) is 0.877. The van der Waals surface area contributed by atoms with Crippen molar-refractivity contribution < 1.29 is 23.2 Å². The second kappa shape index (κ2) is 9.43. The summed E-state index contributed by atoms with van der Waals surface area (Å²) >= 11 is 0. The van der Waals surface area contributed by atoms with Gasteiger partial charge in [-0.25, -0.2) is 13.6 Å². The maximum absolute atomic E-state index is 13.7. The van der Waals surface area contributed by atoms with Gasteiger partial charge < -0.3 is 10.6 Å². The Hall–Kier alpha value is -4.07. The van der Waals surface area contributed by atoms with E-state index in [1.807, 2.05) is 60.7 Å². The van der Waals surface area contributed by atoms with Crippen LogP contribution >= 0.6 is 0 Å². The fourth-order valence-electron chi connectivity index (χ4n) is 4.01. The van der Waals surface area contributed by atoms with Gasteiger partial charge in [0.15, 0.2) is 11.6 Å². The molecule has 1 fully saturated rings. The van der Waals surface area contributed by atoms with E-state index in [1.165, 1.54) is 13.0 Å². The Morgan fingerprint density at radius 3 is 2.26 bits per heavy atom. The largest absolute Gasteiger partial charge is 0.347 e. The number of rotatable bonds is 7. The highest BCUT2D eigenvalue weighted by Crippen LogP contribution is 2.30. The molecule has 3 aromatic rings. The van der Waals surface area contributed by atoms with E-state index in [1.54, 1.807) is 0 Å². The van der Waals surface area contributed by atoms with Crippen LogP contribution in [0.15, 0.2) is 78.9 Å². The van der Waals surface area contributed by atoms with Crippen LogP contribution in [0.25, 0.3) is 0 Å². The van der Waals surface area contributed by atoms with Crippen molar-refractivity contribution in [3.05, 3.63) is 107 Å². The van der Waals surface area contributed by atoms with Crippen LogP contribution in [0.1, 0.15) is 29.7 Å². The van der Waals surface area contributed by atoms with Gasteiger partial charge in [-0.15, -0.1) is 0 Å². The average molecular weight is 463 g/mol. The van der Waals surface area contributed by atoms with Crippen LogP contribution in [0.5, 0.6) is 0 Å². The minimum absolute atomic E-state index is 0.0823. The molecule has 4 amide bonds. The molecule has 2 atom stereocenters. The zero-order chi connectivity index (χ0) is 24.3. The summed E-state index contributed by atoms with van der Waals surface area (Å²) in [5, 5.41) is 5.40. The Morgan fingerprint density at radius 2 is 1.62 bits per heavy atom. The number of nitrogens with one attached hydrogen (secondary N) is 2. The van der Waals surface area contributed by atoms with Gasteiger partial charge in [-0.3, -0.25) is 14.5 Å². The summed E-state index contributed by atoms with van der Waals surface area (Å²) in [7, 11) is 0. The van der Waals surface area contributed by atoms with E-state index in [0.29, 0.717) is 6.42 Å². The fourth-order valence-corrected chi connectivity index (χ4v) is 4.01. The lowest BCUT2D eigenvalue weighted by Gasteiger charge is -2.23. The molecule has 4 rings (SSSR count). The third-order valence-electron chi connectivity index (χ3n) is 5.89. The summed E-state index contributed by atoms with van der Waals surface area (Å²) in [5.74, 6) is -3.45. The zero-order valence-corrected chi connectivity index (χ0v) is 18.4. The molecule has 1 heterocycles. The Labute approximate surface area is 195 Å². The van der Waals surface area contributed by atoms with Crippen LogP contribution in [-0.2, 0) is 21.5 Å². The SMILES string of the molecule is CC1(c2ccc(F)c(F)c2)NC(=O)N(CC(=O)NC(Cc2ccccc2)c2ccccc2)C1=O. The van der Waals surface area contributed by atoms with Crippen LogP contribution in [0.2, 0.25) is 0 Å². The first-order valence-electron chi connectivity index (χ1n) is 10.8. The van der Waals surface area contributed by atoms with Crippen molar-refractivity contribution in [2.45, 2.75) is 24.9 Å². The minimum Gasteiger partial charge on any atom is -0.347 e. The monoisotopic (exact) mass is 463 g/mol. The molecular formula is C26H23F2N3O3. The molecule has 3 aromatic carbocycles. The topological polar surface area (TPSA) is 78.5 Å². The highest BCUT2D eigenvalue weighted by molar-refractivity contribution is 6.09. The molecular weight excluding hydrogens is 440 g/mol. The molecule has 174 valence electrons. The number of hydrogen-bond acceptors (Lipinski definition) is 3. The van der Waals surface area contributed by atoms with E-state index < -0.39 is 41.6 Å². The van der Waals surface area contributed by atoms with E-state index >= 15 is 0 Å². The molecule has 0 aliphatic carbocycles. The lowest BCUT2D eigenvalue weighted by Crippen LogP contribution is -2.44. The molecule has 8 heteroatoms. The van der Waals surface area contributed by atoms with Crippen LogP contribution in [0.4, 0.5) is 13.6 Å². The van der Waals surface area contributed by atoms with Crippen molar-refractivity contribution in [1.29, 1.82) is 0 Å². The third-order valence-corrected chi connectivity index (χ3v) is 5.89. The van der Waals surface area contributed by atoms with Crippen molar-refractivity contribution in [2.24, 2.45) is 0 Å². The smallest absolute Gasteiger partial charge is 0.325 e. The van der Waals surface area contributed by atoms with Crippen LogP contribution in [-0.4, -0.2) is 29.3 Å². The first-order chi connectivity index (χ1) is 16.3. The van der Waals surface area contributed by atoms with Gasteiger partial charge in [0.05, 0.1) is 6.04 Å². The Kier molecular flexibility index (Phi) is 6.40. The third kappa shape index (κ3) is 4.66. The summed E-state index contributed by atoms with van der Waals surface area (Å²) in [6.07, 6.45) is 0.517. The number of halogens is 2. The van der Waals surface area contributed by atoms with Gasteiger partial charge >= 0.3 is 6.03 Å². The summed E-state index contributed by atoms with van der Waals surface area (Å²) in [6, 6.07) is 20.8. The quantitative estimate of drug-likeness (QED) is 0.523.